The van der Waals surface area contributed by atoms with Crippen LogP contribution in [0.4, 0.5) is 0 Å². The van der Waals surface area contributed by atoms with Gasteiger partial charge >= 0.3 is 0 Å². The van der Waals surface area contributed by atoms with Gasteiger partial charge in [-0.15, -0.1) is 0 Å². The molecule has 4 heteroatoms. The Morgan fingerprint density at radius 2 is 2.25 bits per heavy atom. The number of ether oxygens (including phenoxy) is 1. The summed E-state index contributed by atoms with van der Waals surface area (Å²) in [7, 11) is 0. The second kappa shape index (κ2) is 5.30. The van der Waals surface area contributed by atoms with Crippen molar-refractivity contribution in [3.63, 3.8) is 0 Å². The summed E-state index contributed by atoms with van der Waals surface area (Å²) in [6, 6.07) is 3.76. The predicted molar refractivity (Wildman–Crippen MR) is 61.1 cm³/mol. The molecule has 0 N–H and O–H groups in total. The molecule has 84 valence electrons. The van der Waals surface area contributed by atoms with Crippen molar-refractivity contribution in [3.05, 3.63) is 42.7 Å². The molecule has 2 aromatic heterocycles. The van der Waals surface area contributed by atoms with E-state index in [1.807, 2.05) is 24.7 Å². The van der Waals surface area contributed by atoms with Crippen molar-refractivity contribution in [1.29, 1.82) is 0 Å². The van der Waals surface area contributed by atoms with Gasteiger partial charge in [-0.1, -0.05) is 6.92 Å². The molecule has 2 heterocycles. The lowest BCUT2D eigenvalue weighted by molar-refractivity contribution is 0.293. The lowest BCUT2D eigenvalue weighted by Gasteiger charge is -2.08. The maximum atomic E-state index is 5.61. The van der Waals surface area contributed by atoms with Crippen molar-refractivity contribution in [3.8, 4) is 5.75 Å². The zero-order valence-corrected chi connectivity index (χ0v) is 9.34. The number of aryl methyl sites for hydroxylation is 1. The van der Waals surface area contributed by atoms with E-state index in [1.54, 1.807) is 12.4 Å². The second-order valence-electron chi connectivity index (χ2n) is 3.56. The van der Waals surface area contributed by atoms with Crippen LogP contribution in [0.3, 0.4) is 0 Å². The van der Waals surface area contributed by atoms with Crippen molar-refractivity contribution >= 4 is 0 Å². The first kappa shape index (κ1) is 10.7. The van der Waals surface area contributed by atoms with Gasteiger partial charge in [-0.2, -0.15) is 0 Å². The van der Waals surface area contributed by atoms with Crippen molar-refractivity contribution < 1.29 is 4.74 Å². The van der Waals surface area contributed by atoms with Crippen molar-refractivity contribution in [2.45, 2.75) is 26.5 Å². The maximum absolute atomic E-state index is 5.61. The smallest absolute Gasteiger partial charge is 0.138 e. The Balaban J connectivity index is 1.97. The van der Waals surface area contributed by atoms with Crippen LogP contribution in [0.5, 0.6) is 5.75 Å². The highest BCUT2D eigenvalue weighted by molar-refractivity contribution is 5.15. The van der Waals surface area contributed by atoms with E-state index in [9.17, 15) is 0 Å². The van der Waals surface area contributed by atoms with Crippen LogP contribution in [0.1, 0.15) is 19.0 Å². The number of rotatable bonds is 5. The molecule has 0 amide bonds. The average molecular weight is 217 g/mol. The van der Waals surface area contributed by atoms with Crippen molar-refractivity contribution in [2.24, 2.45) is 0 Å². The summed E-state index contributed by atoms with van der Waals surface area (Å²) in [4.78, 5) is 8.12. The molecule has 0 saturated heterocycles. The standard InChI is InChI=1S/C12H15N3O/c1-2-6-15-10-14-7-11(15)9-16-12-4-3-5-13-8-12/h3-5,7-8,10H,2,6,9H2,1H3. The van der Waals surface area contributed by atoms with E-state index in [4.69, 9.17) is 4.74 Å². The van der Waals surface area contributed by atoms with Gasteiger partial charge in [0, 0.05) is 12.7 Å². The summed E-state index contributed by atoms with van der Waals surface area (Å²) in [5.41, 5.74) is 1.09. The Labute approximate surface area is 94.9 Å². The molecule has 0 bridgehead atoms. The van der Waals surface area contributed by atoms with Crippen molar-refractivity contribution in [2.75, 3.05) is 0 Å². The predicted octanol–water partition coefficient (Wildman–Crippen LogP) is 2.27. The van der Waals surface area contributed by atoms with Gasteiger partial charge < -0.3 is 9.30 Å². The lowest BCUT2D eigenvalue weighted by atomic mass is 10.4. The van der Waals surface area contributed by atoms with Crippen LogP contribution in [-0.4, -0.2) is 14.5 Å². The number of nitrogens with zero attached hydrogens (tertiary/aromatic N) is 3. The Morgan fingerprint density at radius 1 is 1.31 bits per heavy atom. The van der Waals surface area contributed by atoms with Crippen LogP contribution in [0.2, 0.25) is 0 Å². The van der Waals surface area contributed by atoms with Gasteiger partial charge in [0.15, 0.2) is 0 Å². The summed E-state index contributed by atoms with van der Waals surface area (Å²) in [6.07, 6.45) is 8.21. The Hall–Kier alpha value is -1.84. The van der Waals surface area contributed by atoms with E-state index < -0.39 is 0 Å². The molecule has 0 radical (unpaired) electrons. The molecular weight excluding hydrogens is 202 g/mol. The molecule has 0 unspecified atom stereocenters. The number of hydrogen-bond acceptors (Lipinski definition) is 3. The molecule has 4 nitrogen and oxygen atoms in total. The SMILES string of the molecule is CCCn1cncc1COc1cccnc1. The fourth-order valence-electron chi connectivity index (χ4n) is 1.50. The maximum Gasteiger partial charge on any atom is 0.138 e. The van der Waals surface area contributed by atoms with Gasteiger partial charge in [0.05, 0.1) is 24.4 Å². The Kier molecular flexibility index (Phi) is 3.53. The number of pyridine rings is 1. The lowest BCUT2D eigenvalue weighted by Crippen LogP contribution is -2.04. The van der Waals surface area contributed by atoms with Crippen LogP contribution >= 0.6 is 0 Å². The van der Waals surface area contributed by atoms with E-state index in [0.29, 0.717) is 6.61 Å². The normalized spacial score (nSPS) is 10.3. The Bertz CT molecular complexity index is 425. The molecule has 0 atom stereocenters. The van der Waals surface area contributed by atoms with Crippen LogP contribution in [0.25, 0.3) is 0 Å². The highest BCUT2D eigenvalue weighted by Crippen LogP contribution is 2.10. The molecule has 0 fully saturated rings. The average Bonchev–Trinajstić information content (AvgIpc) is 2.76. The minimum Gasteiger partial charge on any atom is -0.486 e. The van der Waals surface area contributed by atoms with Gasteiger partial charge in [-0.25, -0.2) is 4.98 Å². The molecule has 0 aliphatic carbocycles. The number of imidazole rings is 1. The fourth-order valence-corrected chi connectivity index (χ4v) is 1.50. The summed E-state index contributed by atoms with van der Waals surface area (Å²) in [5.74, 6) is 0.784. The molecule has 0 saturated carbocycles. The molecule has 0 spiro atoms. The molecule has 2 aromatic rings. The van der Waals surface area contributed by atoms with E-state index in [0.717, 1.165) is 24.4 Å². The third-order valence-corrected chi connectivity index (χ3v) is 2.28. The summed E-state index contributed by atoms with van der Waals surface area (Å²) >= 11 is 0. The van der Waals surface area contributed by atoms with Gasteiger partial charge in [0.25, 0.3) is 0 Å². The van der Waals surface area contributed by atoms with E-state index >= 15 is 0 Å². The zero-order chi connectivity index (χ0) is 11.2. The van der Waals surface area contributed by atoms with Crippen LogP contribution < -0.4 is 4.74 Å². The van der Waals surface area contributed by atoms with Gasteiger partial charge in [-0.05, 0) is 18.6 Å². The first-order valence-electron chi connectivity index (χ1n) is 5.42. The molecule has 0 aliphatic rings. The molecule has 0 aliphatic heterocycles. The minimum atomic E-state index is 0.533. The number of aromatic nitrogens is 3. The fraction of sp³-hybridized carbons (Fsp3) is 0.333. The largest absolute Gasteiger partial charge is 0.486 e. The molecule has 16 heavy (non-hydrogen) atoms. The number of hydrogen-bond donors (Lipinski definition) is 0. The zero-order valence-electron chi connectivity index (χ0n) is 9.34. The quantitative estimate of drug-likeness (QED) is 0.771. The second-order valence-corrected chi connectivity index (χ2v) is 3.56. The summed E-state index contributed by atoms with van der Waals surface area (Å²) in [5, 5.41) is 0. The monoisotopic (exact) mass is 217 g/mol. The summed E-state index contributed by atoms with van der Waals surface area (Å²) < 4.78 is 7.72. The molecule has 2 rings (SSSR count). The third-order valence-electron chi connectivity index (χ3n) is 2.28. The van der Waals surface area contributed by atoms with Crippen LogP contribution in [0, 0.1) is 0 Å². The molecular formula is C12H15N3O. The van der Waals surface area contributed by atoms with Crippen LogP contribution in [0.15, 0.2) is 37.1 Å². The van der Waals surface area contributed by atoms with Gasteiger partial charge in [0.2, 0.25) is 0 Å². The Morgan fingerprint density at radius 3 is 3.00 bits per heavy atom. The summed E-state index contributed by atoms with van der Waals surface area (Å²) in [6.45, 7) is 3.66. The third kappa shape index (κ3) is 2.59. The minimum absolute atomic E-state index is 0.533. The van der Waals surface area contributed by atoms with Crippen LogP contribution in [-0.2, 0) is 13.2 Å². The highest BCUT2D eigenvalue weighted by atomic mass is 16.5. The van der Waals surface area contributed by atoms with Crippen molar-refractivity contribution in [1.82, 2.24) is 14.5 Å². The van der Waals surface area contributed by atoms with E-state index in [1.165, 1.54) is 0 Å². The topological polar surface area (TPSA) is 39.9 Å². The first-order valence-corrected chi connectivity index (χ1v) is 5.42. The van der Waals surface area contributed by atoms with E-state index in [2.05, 4.69) is 21.5 Å². The first-order chi connectivity index (χ1) is 7.90. The van der Waals surface area contributed by atoms with Gasteiger partial charge in [0.1, 0.15) is 12.4 Å². The molecule has 0 aromatic carbocycles. The highest BCUT2D eigenvalue weighted by Gasteiger charge is 2.02. The van der Waals surface area contributed by atoms with Gasteiger partial charge in [-0.3, -0.25) is 4.98 Å². The van der Waals surface area contributed by atoms with E-state index in [-0.39, 0.29) is 0 Å².